The van der Waals surface area contributed by atoms with Crippen molar-refractivity contribution >= 4 is 21.9 Å². The van der Waals surface area contributed by atoms with Gasteiger partial charge < -0.3 is 4.42 Å². The lowest BCUT2D eigenvalue weighted by Crippen LogP contribution is -2.01. The zero-order valence-electron chi connectivity index (χ0n) is 29.8. The number of hydrogen-bond acceptors (Lipinski definition) is 4. The third-order valence-electron chi connectivity index (χ3n) is 10.2. The molecule has 0 bridgehead atoms. The van der Waals surface area contributed by atoms with E-state index >= 15 is 0 Å². The van der Waals surface area contributed by atoms with Crippen molar-refractivity contribution in [3.8, 4) is 78.7 Å². The van der Waals surface area contributed by atoms with Crippen molar-refractivity contribution in [1.29, 1.82) is 0 Å². The lowest BCUT2D eigenvalue weighted by atomic mass is 9.96. The normalized spacial score (nSPS) is 11.3. The Hall–Kier alpha value is -7.43. The minimum absolute atomic E-state index is 0.611. The highest BCUT2D eigenvalue weighted by Crippen LogP contribution is 2.38. The molecule has 8 aromatic carbocycles. The fourth-order valence-corrected chi connectivity index (χ4v) is 7.42. The van der Waals surface area contributed by atoms with Crippen LogP contribution in [0.3, 0.4) is 0 Å². The monoisotopic (exact) mass is 703 g/mol. The van der Waals surface area contributed by atoms with Gasteiger partial charge in [0.05, 0.1) is 0 Å². The Bertz CT molecular complexity index is 2970. The van der Waals surface area contributed by atoms with Gasteiger partial charge in [0.1, 0.15) is 11.2 Å². The van der Waals surface area contributed by atoms with Crippen molar-refractivity contribution in [2.24, 2.45) is 0 Å². The number of nitrogens with zero attached hydrogens (tertiary/aromatic N) is 3. The summed E-state index contributed by atoms with van der Waals surface area (Å²) in [4.78, 5) is 15.4. The summed E-state index contributed by atoms with van der Waals surface area (Å²) in [5, 5.41) is 2.24. The second-order valence-corrected chi connectivity index (χ2v) is 13.6. The molecular weight excluding hydrogens is 671 g/mol. The van der Waals surface area contributed by atoms with Gasteiger partial charge in [-0.25, -0.2) is 15.0 Å². The topological polar surface area (TPSA) is 51.8 Å². The SMILES string of the molecule is c1ccc(-c2ccc(-c3nc(-c4cccc(-c5cccc(-c6cccc7c6oc6ccccc67)c5)c4)nc(-c4ccccc4-c4ccccc4)n3)cc2)cc1. The molecule has 0 spiro atoms. The van der Waals surface area contributed by atoms with Crippen LogP contribution in [0.4, 0.5) is 0 Å². The van der Waals surface area contributed by atoms with E-state index in [0.29, 0.717) is 17.5 Å². The zero-order valence-corrected chi connectivity index (χ0v) is 29.8. The van der Waals surface area contributed by atoms with E-state index in [1.165, 1.54) is 0 Å². The first-order chi connectivity index (χ1) is 27.2. The van der Waals surface area contributed by atoms with Crippen LogP contribution in [0.15, 0.2) is 205 Å². The second kappa shape index (κ2) is 13.8. The highest BCUT2D eigenvalue weighted by Gasteiger charge is 2.17. The smallest absolute Gasteiger partial charge is 0.164 e. The van der Waals surface area contributed by atoms with E-state index < -0.39 is 0 Å². The summed E-state index contributed by atoms with van der Waals surface area (Å²) in [6.07, 6.45) is 0. The highest BCUT2D eigenvalue weighted by molar-refractivity contribution is 6.09. The molecule has 0 atom stereocenters. The fraction of sp³-hybridized carbons (Fsp3) is 0. The Kier molecular flexibility index (Phi) is 8.12. The maximum absolute atomic E-state index is 6.40. The number of rotatable bonds is 7. The number of benzene rings is 8. The molecule has 55 heavy (non-hydrogen) atoms. The summed E-state index contributed by atoms with van der Waals surface area (Å²) in [5.74, 6) is 1.85. The summed E-state index contributed by atoms with van der Waals surface area (Å²) in [5.41, 5.74) is 13.4. The minimum Gasteiger partial charge on any atom is -0.455 e. The molecule has 2 aromatic heterocycles. The van der Waals surface area contributed by atoms with Crippen LogP contribution in [0.2, 0.25) is 0 Å². The third-order valence-corrected chi connectivity index (χ3v) is 10.2. The Morgan fingerprint density at radius 3 is 1.51 bits per heavy atom. The Morgan fingerprint density at radius 1 is 0.273 bits per heavy atom. The molecule has 4 heteroatoms. The Balaban J connectivity index is 1.08. The van der Waals surface area contributed by atoms with Gasteiger partial charge in [-0.2, -0.15) is 0 Å². The van der Waals surface area contributed by atoms with Gasteiger partial charge in [0.2, 0.25) is 0 Å². The molecule has 10 rings (SSSR count). The Labute approximate surface area is 319 Å². The number of para-hydroxylation sites is 2. The summed E-state index contributed by atoms with van der Waals surface area (Å²) in [6.45, 7) is 0. The molecule has 0 fully saturated rings. The zero-order chi connectivity index (χ0) is 36.6. The summed E-state index contributed by atoms with van der Waals surface area (Å²) in [6, 6.07) is 69.2. The Morgan fingerprint density at radius 2 is 0.745 bits per heavy atom. The first-order valence-corrected chi connectivity index (χ1v) is 18.4. The van der Waals surface area contributed by atoms with Crippen LogP contribution in [0.25, 0.3) is 101 Å². The highest BCUT2D eigenvalue weighted by atomic mass is 16.3. The van der Waals surface area contributed by atoms with Crippen LogP contribution in [0, 0.1) is 0 Å². The average Bonchev–Trinajstić information content (AvgIpc) is 3.66. The largest absolute Gasteiger partial charge is 0.455 e. The lowest BCUT2D eigenvalue weighted by Gasteiger charge is -2.13. The van der Waals surface area contributed by atoms with Crippen LogP contribution < -0.4 is 0 Å². The van der Waals surface area contributed by atoms with Gasteiger partial charge in [0.25, 0.3) is 0 Å². The van der Waals surface area contributed by atoms with E-state index in [0.717, 1.165) is 83.1 Å². The second-order valence-electron chi connectivity index (χ2n) is 13.6. The molecular formula is C51H33N3O. The van der Waals surface area contributed by atoms with E-state index in [1.807, 2.05) is 30.3 Å². The van der Waals surface area contributed by atoms with Crippen LogP contribution >= 0.6 is 0 Å². The van der Waals surface area contributed by atoms with Crippen molar-refractivity contribution in [3.05, 3.63) is 200 Å². The molecule has 0 unspecified atom stereocenters. The predicted octanol–water partition coefficient (Wildman–Crippen LogP) is 13.4. The van der Waals surface area contributed by atoms with Crippen molar-refractivity contribution in [2.75, 3.05) is 0 Å². The van der Waals surface area contributed by atoms with E-state index in [4.69, 9.17) is 19.4 Å². The van der Waals surface area contributed by atoms with E-state index in [-0.39, 0.29) is 0 Å². The first kappa shape index (κ1) is 32.2. The molecule has 258 valence electrons. The van der Waals surface area contributed by atoms with Gasteiger partial charge in [-0.3, -0.25) is 0 Å². The molecule has 0 aliphatic carbocycles. The van der Waals surface area contributed by atoms with Gasteiger partial charge in [-0.05, 0) is 57.1 Å². The van der Waals surface area contributed by atoms with Crippen LogP contribution in [-0.2, 0) is 0 Å². The lowest BCUT2D eigenvalue weighted by molar-refractivity contribution is 0.670. The fourth-order valence-electron chi connectivity index (χ4n) is 7.42. The maximum Gasteiger partial charge on any atom is 0.164 e. The molecule has 4 nitrogen and oxygen atoms in total. The molecule has 0 aliphatic rings. The quantitative estimate of drug-likeness (QED) is 0.166. The summed E-state index contributed by atoms with van der Waals surface area (Å²) >= 11 is 0. The first-order valence-electron chi connectivity index (χ1n) is 18.4. The van der Waals surface area contributed by atoms with Crippen molar-refractivity contribution in [1.82, 2.24) is 15.0 Å². The number of hydrogen-bond donors (Lipinski definition) is 0. The minimum atomic E-state index is 0.611. The van der Waals surface area contributed by atoms with Crippen molar-refractivity contribution in [2.45, 2.75) is 0 Å². The van der Waals surface area contributed by atoms with Gasteiger partial charge >= 0.3 is 0 Å². The molecule has 0 saturated carbocycles. The molecule has 0 aliphatic heterocycles. The van der Waals surface area contributed by atoms with Gasteiger partial charge in [0, 0.05) is 33.0 Å². The summed E-state index contributed by atoms with van der Waals surface area (Å²) < 4.78 is 6.40. The third kappa shape index (κ3) is 6.16. The predicted molar refractivity (Wildman–Crippen MR) is 225 cm³/mol. The molecule has 0 radical (unpaired) electrons. The number of fused-ring (bicyclic) bond motifs is 3. The number of furan rings is 1. The van der Waals surface area contributed by atoms with E-state index in [2.05, 4.69) is 170 Å². The van der Waals surface area contributed by atoms with E-state index in [1.54, 1.807) is 0 Å². The van der Waals surface area contributed by atoms with Gasteiger partial charge in [-0.1, -0.05) is 182 Å². The van der Waals surface area contributed by atoms with Gasteiger partial charge in [-0.15, -0.1) is 0 Å². The van der Waals surface area contributed by atoms with Crippen LogP contribution in [0.5, 0.6) is 0 Å². The molecule has 0 saturated heterocycles. The summed E-state index contributed by atoms with van der Waals surface area (Å²) in [7, 11) is 0. The van der Waals surface area contributed by atoms with Crippen LogP contribution in [-0.4, -0.2) is 15.0 Å². The maximum atomic E-state index is 6.40. The van der Waals surface area contributed by atoms with E-state index in [9.17, 15) is 0 Å². The molecule has 10 aromatic rings. The van der Waals surface area contributed by atoms with Gasteiger partial charge in [0.15, 0.2) is 17.5 Å². The standard InChI is InChI=1S/C51H33N3O/c1-3-14-34(15-4-1)35-28-30-37(31-29-35)49-52-50(54-51(53-49)46-24-8-7-22-42(46)36-16-5-2-6-17-36)41-21-12-19-39(33-41)38-18-11-20-40(32-38)43-25-13-26-45-44-23-9-10-27-47(44)55-48(43)45/h1-33H. The number of aromatic nitrogens is 3. The van der Waals surface area contributed by atoms with Crippen LogP contribution in [0.1, 0.15) is 0 Å². The molecule has 0 N–H and O–H groups in total. The molecule has 2 heterocycles. The van der Waals surface area contributed by atoms with Crippen molar-refractivity contribution < 1.29 is 4.42 Å². The molecule has 0 amide bonds. The van der Waals surface area contributed by atoms with Crippen molar-refractivity contribution in [3.63, 3.8) is 0 Å². The average molecular weight is 704 g/mol.